The lowest BCUT2D eigenvalue weighted by molar-refractivity contribution is 0.102. The number of amides is 1. The average Bonchev–Trinajstić information content (AvgIpc) is 2.69. The minimum Gasteiger partial charge on any atom is -0.384 e. The molecule has 1 amide bonds. The first-order valence-corrected chi connectivity index (χ1v) is 9.21. The van der Waals surface area contributed by atoms with Crippen LogP contribution in [0, 0.1) is 0 Å². The van der Waals surface area contributed by atoms with E-state index in [-0.39, 0.29) is 5.91 Å². The van der Waals surface area contributed by atoms with Crippen molar-refractivity contribution in [1.82, 2.24) is 9.88 Å². The number of carbonyl (C=O) groups excluding carboxylic acids is 1. The van der Waals surface area contributed by atoms with Crippen LogP contribution in [0.25, 0.3) is 0 Å². The fraction of sp³-hybridized carbons (Fsp3) is 0.400. The highest BCUT2D eigenvalue weighted by atomic mass is 16.5. The van der Waals surface area contributed by atoms with Crippen LogP contribution in [0.3, 0.4) is 0 Å². The zero-order valence-electron chi connectivity index (χ0n) is 15.9. The van der Waals surface area contributed by atoms with Gasteiger partial charge in [0.25, 0.3) is 5.91 Å². The highest BCUT2D eigenvalue weighted by Gasteiger charge is 2.17. The van der Waals surface area contributed by atoms with E-state index in [2.05, 4.69) is 25.4 Å². The Morgan fingerprint density at radius 3 is 2.78 bits per heavy atom. The van der Waals surface area contributed by atoms with Crippen molar-refractivity contribution < 1.29 is 9.53 Å². The summed E-state index contributed by atoms with van der Waals surface area (Å²) in [5, 5.41) is 6.32. The van der Waals surface area contributed by atoms with E-state index in [9.17, 15) is 4.79 Å². The van der Waals surface area contributed by atoms with Gasteiger partial charge in [-0.05, 0) is 38.4 Å². The Morgan fingerprint density at radius 1 is 1.22 bits per heavy atom. The Labute approximate surface area is 160 Å². The van der Waals surface area contributed by atoms with Crippen molar-refractivity contribution in [3.05, 3.63) is 48.3 Å². The maximum Gasteiger partial charge on any atom is 0.274 e. The van der Waals surface area contributed by atoms with E-state index < -0.39 is 0 Å². The number of benzene rings is 1. The third kappa shape index (κ3) is 5.42. The van der Waals surface area contributed by atoms with E-state index >= 15 is 0 Å². The molecule has 1 aromatic carbocycles. The second kappa shape index (κ2) is 9.34. The smallest absolute Gasteiger partial charge is 0.274 e. The van der Waals surface area contributed by atoms with Crippen molar-refractivity contribution in [2.24, 2.45) is 0 Å². The first kappa shape index (κ1) is 19.1. The summed E-state index contributed by atoms with van der Waals surface area (Å²) in [7, 11) is 4.05. The van der Waals surface area contributed by atoms with Crippen molar-refractivity contribution in [1.29, 1.82) is 0 Å². The molecule has 1 fully saturated rings. The molecule has 0 unspecified atom stereocenters. The number of aromatic nitrogens is 1. The Bertz CT molecular complexity index is 760. The fourth-order valence-electron chi connectivity index (χ4n) is 2.93. The largest absolute Gasteiger partial charge is 0.384 e. The molecule has 7 heteroatoms. The minimum atomic E-state index is -0.216. The first-order chi connectivity index (χ1) is 13.1. The molecule has 0 saturated carbocycles. The van der Waals surface area contributed by atoms with Gasteiger partial charge in [0.05, 0.1) is 24.6 Å². The molecular formula is C20H27N5O2. The van der Waals surface area contributed by atoms with Crippen molar-refractivity contribution in [3.63, 3.8) is 0 Å². The van der Waals surface area contributed by atoms with Gasteiger partial charge in [0.15, 0.2) is 0 Å². The number of morpholine rings is 1. The number of rotatable bonds is 7. The third-order valence-corrected chi connectivity index (χ3v) is 4.38. The van der Waals surface area contributed by atoms with Gasteiger partial charge in [0.2, 0.25) is 0 Å². The molecule has 0 radical (unpaired) electrons. The summed E-state index contributed by atoms with van der Waals surface area (Å²) in [5.74, 6) is -0.216. The van der Waals surface area contributed by atoms with E-state index in [0.717, 1.165) is 43.2 Å². The van der Waals surface area contributed by atoms with Crippen LogP contribution in [-0.4, -0.2) is 69.3 Å². The summed E-state index contributed by atoms with van der Waals surface area (Å²) in [4.78, 5) is 21.3. The van der Waals surface area contributed by atoms with E-state index in [0.29, 0.717) is 18.9 Å². The molecule has 3 rings (SSSR count). The second-order valence-electron chi connectivity index (χ2n) is 6.73. The van der Waals surface area contributed by atoms with Crippen LogP contribution in [0.1, 0.15) is 10.5 Å². The van der Waals surface area contributed by atoms with Gasteiger partial charge < -0.3 is 25.2 Å². The molecule has 1 aromatic heterocycles. The summed E-state index contributed by atoms with van der Waals surface area (Å²) >= 11 is 0. The van der Waals surface area contributed by atoms with Crippen LogP contribution in [0.5, 0.6) is 0 Å². The topological polar surface area (TPSA) is 69.7 Å². The van der Waals surface area contributed by atoms with Gasteiger partial charge in [-0.15, -0.1) is 0 Å². The molecule has 1 aliphatic rings. The molecule has 27 heavy (non-hydrogen) atoms. The SMILES string of the molecule is CN(C)CCNc1ccnc(C(=O)Nc2ccccc2N2CCOCC2)c1. The summed E-state index contributed by atoms with van der Waals surface area (Å²) in [6.07, 6.45) is 1.65. The third-order valence-electron chi connectivity index (χ3n) is 4.38. The number of likely N-dealkylation sites (N-methyl/N-ethyl adjacent to an activating group) is 1. The standard InChI is InChI=1S/C20H27N5O2/c1-24(2)10-9-21-16-7-8-22-18(15-16)20(26)23-17-5-3-4-6-19(17)25-11-13-27-14-12-25/h3-8,15H,9-14H2,1-2H3,(H,21,22)(H,23,26). The van der Waals surface area contributed by atoms with Crippen LogP contribution in [0.4, 0.5) is 17.1 Å². The van der Waals surface area contributed by atoms with Gasteiger partial charge in [-0.3, -0.25) is 9.78 Å². The number of ether oxygens (including phenoxy) is 1. The first-order valence-electron chi connectivity index (χ1n) is 9.21. The lowest BCUT2D eigenvalue weighted by Gasteiger charge is -2.30. The number of carbonyl (C=O) groups is 1. The lowest BCUT2D eigenvalue weighted by atomic mass is 10.2. The molecule has 0 aliphatic carbocycles. The van der Waals surface area contributed by atoms with Gasteiger partial charge >= 0.3 is 0 Å². The minimum absolute atomic E-state index is 0.216. The zero-order valence-corrected chi connectivity index (χ0v) is 15.9. The monoisotopic (exact) mass is 369 g/mol. The normalized spacial score (nSPS) is 14.3. The maximum absolute atomic E-state index is 12.7. The zero-order chi connectivity index (χ0) is 19.1. The lowest BCUT2D eigenvalue weighted by Crippen LogP contribution is -2.36. The molecule has 0 bridgehead atoms. The van der Waals surface area contributed by atoms with E-state index in [1.807, 2.05) is 44.4 Å². The molecule has 144 valence electrons. The van der Waals surface area contributed by atoms with Crippen LogP contribution in [0.2, 0.25) is 0 Å². The number of hydrogen-bond donors (Lipinski definition) is 2. The molecule has 1 aliphatic heterocycles. The van der Waals surface area contributed by atoms with Crippen LogP contribution >= 0.6 is 0 Å². The Kier molecular flexibility index (Phi) is 6.62. The summed E-state index contributed by atoms with van der Waals surface area (Å²) in [6.45, 7) is 4.75. The van der Waals surface area contributed by atoms with Gasteiger partial charge in [-0.25, -0.2) is 0 Å². The van der Waals surface area contributed by atoms with Crippen molar-refractivity contribution in [2.45, 2.75) is 0 Å². The molecule has 0 spiro atoms. The fourth-order valence-corrected chi connectivity index (χ4v) is 2.93. The molecule has 7 nitrogen and oxygen atoms in total. The predicted octanol–water partition coefficient (Wildman–Crippen LogP) is 2.14. The summed E-state index contributed by atoms with van der Waals surface area (Å²) in [6, 6.07) is 11.5. The van der Waals surface area contributed by atoms with Gasteiger partial charge in [-0.1, -0.05) is 12.1 Å². The van der Waals surface area contributed by atoms with E-state index in [1.54, 1.807) is 12.3 Å². The second-order valence-corrected chi connectivity index (χ2v) is 6.73. The van der Waals surface area contributed by atoms with Crippen molar-refractivity contribution in [2.75, 3.05) is 69.0 Å². The number of pyridine rings is 1. The molecule has 1 saturated heterocycles. The highest BCUT2D eigenvalue weighted by Crippen LogP contribution is 2.26. The number of nitrogens with one attached hydrogen (secondary N) is 2. The van der Waals surface area contributed by atoms with E-state index in [1.165, 1.54) is 0 Å². The number of hydrogen-bond acceptors (Lipinski definition) is 6. The summed E-state index contributed by atoms with van der Waals surface area (Å²) in [5.41, 5.74) is 3.08. The Morgan fingerprint density at radius 2 is 2.00 bits per heavy atom. The number of anilines is 3. The number of nitrogens with zero attached hydrogens (tertiary/aromatic N) is 3. The average molecular weight is 369 g/mol. The highest BCUT2D eigenvalue weighted by molar-refractivity contribution is 6.05. The molecule has 2 N–H and O–H groups in total. The van der Waals surface area contributed by atoms with Gasteiger partial charge in [-0.2, -0.15) is 0 Å². The molecule has 2 aromatic rings. The Hall–Kier alpha value is -2.64. The van der Waals surface area contributed by atoms with Gasteiger partial charge in [0, 0.05) is 38.1 Å². The maximum atomic E-state index is 12.7. The molecular weight excluding hydrogens is 342 g/mol. The van der Waals surface area contributed by atoms with Crippen LogP contribution < -0.4 is 15.5 Å². The van der Waals surface area contributed by atoms with E-state index in [4.69, 9.17) is 4.74 Å². The van der Waals surface area contributed by atoms with Gasteiger partial charge in [0.1, 0.15) is 5.69 Å². The number of para-hydroxylation sites is 2. The van der Waals surface area contributed by atoms with Crippen LogP contribution in [-0.2, 0) is 4.74 Å². The molecule has 0 atom stereocenters. The van der Waals surface area contributed by atoms with Crippen molar-refractivity contribution >= 4 is 23.0 Å². The quantitative estimate of drug-likeness (QED) is 0.779. The molecule has 2 heterocycles. The summed E-state index contributed by atoms with van der Waals surface area (Å²) < 4.78 is 5.42. The Balaban J connectivity index is 1.69. The van der Waals surface area contributed by atoms with Crippen molar-refractivity contribution in [3.8, 4) is 0 Å². The predicted molar refractivity (Wildman–Crippen MR) is 109 cm³/mol. The van der Waals surface area contributed by atoms with Crippen LogP contribution in [0.15, 0.2) is 42.6 Å².